The summed E-state index contributed by atoms with van der Waals surface area (Å²) in [6.45, 7) is 5.76. The van der Waals surface area contributed by atoms with E-state index in [1.54, 1.807) is 0 Å². The second-order valence-corrected chi connectivity index (χ2v) is 12.7. The van der Waals surface area contributed by atoms with Crippen molar-refractivity contribution in [3.63, 3.8) is 0 Å². The number of sulfone groups is 1. The maximum atomic E-state index is 12.9. The zero-order valence-electron chi connectivity index (χ0n) is 21.8. The van der Waals surface area contributed by atoms with Gasteiger partial charge in [-0.1, -0.05) is 30.3 Å². The maximum absolute atomic E-state index is 12.9. The number of aryl methyl sites for hydroxylation is 2. The number of rotatable bonds is 7. The van der Waals surface area contributed by atoms with Gasteiger partial charge < -0.3 is 10.6 Å². The summed E-state index contributed by atoms with van der Waals surface area (Å²) in [4.78, 5) is 27.3. The zero-order chi connectivity index (χ0) is 26.9. The van der Waals surface area contributed by atoms with Crippen LogP contribution in [0.3, 0.4) is 0 Å². The molecule has 1 aliphatic heterocycles. The molecule has 0 radical (unpaired) electrons. The summed E-state index contributed by atoms with van der Waals surface area (Å²) in [5.41, 5.74) is 7.18. The normalized spacial score (nSPS) is 17.1. The number of benzene rings is 3. The zero-order valence-corrected chi connectivity index (χ0v) is 22.6. The first kappa shape index (κ1) is 26.1. The van der Waals surface area contributed by atoms with Crippen molar-refractivity contribution >= 4 is 33.0 Å². The van der Waals surface area contributed by atoms with Crippen molar-refractivity contribution in [3.05, 3.63) is 82.9 Å². The molecule has 1 heterocycles. The highest BCUT2D eigenvalue weighted by molar-refractivity contribution is 7.91. The van der Waals surface area contributed by atoms with Gasteiger partial charge in [-0.15, -0.1) is 0 Å². The van der Waals surface area contributed by atoms with E-state index in [9.17, 15) is 18.0 Å². The van der Waals surface area contributed by atoms with Crippen LogP contribution >= 0.6 is 0 Å². The average Bonchev–Trinajstić information content (AvgIpc) is 3.74. The van der Waals surface area contributed by atoms with Gasteiger partial charge in [0.05, 0.1) is 11.5 Å². The van der Waals surface area contributed by atoms with E-state index in [1.807, 2.05) is 74.5 Å². The SMILES string of the molecule is Cc1ccc(-c2ccc(C(=O)Nc3ccc(CN4CCS(=O)(=O)CC4)cc3)cc2C)cc1NC(=O)C1CC1. The first-order valence-corrected chi connectivity index (χ1v) is 14.8. The molecule has 8 heteroatoms. The molecule has 38 heavy (non-hydrogen) atoms. The third kappa shape index (κ3) is 6.31. The van der Waals surface area contributed by atoms with Crippen LogP contribution in [-0.4, -0.2) is 49.7 Å². The van der Waals surface area contributed by atoms with E-state index in [0.29, 0.717) is 30.9 Å². The van der Waals surface area contributed by atoms with Gasteiger partial charge >= 0.3 is 0 Å². The number of nitrogens with one attached hydrogen (secondary N) is 2. The van der Waals surface area contributed by atoms with E-state index in [2.05, 4.69) is 15.5 Å². The van der Waals surface area contributed by atoms with Gasteiger partial charge in [0, 0.05) is 42.5 Å². The lowest BCUT2D eigenvalue weighted by Gasteiger charge is -2.26. The third-order valence-electron chi connectivity index (χ3n) is 7.30. The predicted molar refractivity (Wildman–Crippen MR) is 151 cm³/mol. The molecular weight excluding hydrogens is 498 g/mol. The van der Waals surface area contributed by atoms with Crippen LogP contribution in [0.25, 0.3) is 11.1 Å². The molecule has 0 unspecified atom stereocenters. The van der Waals surface area contributed by atoms with Gasteiger partial charge in [0.15, 0.2) is 9.84 Å². The molecular formula is C30H33N3O4S. The molecule has 3 aromatic rings. The van der Waals surface area contributed by atoms with Crippen LogP contribution in [0.4, 0.5) is 11.4 Å². The molecule has 5 rings (SSSR count). The fourth-order valence-electron chi connectivity index (χ4n) is 4.70. The first-order chi connectivity index (χ1) is 18.2. The van der Waals surface area contributed by atoms with Gasteiger partial charge in [0.1, 0.15) is 0 Å². The Morgan fingerprint density at radius 1 is 0.868 bits per heavy atom. The Bertz CT molecular complexity index is 1460. The first-order valence-electron chi connectivity index (χ1n) is 13.0. The minimum absolute atomic E-state index is 0.0870. The van der Waals surface area contributed by atoms with Gasteiger partial charge in [-0.3, -0.25) is 14.5 Å². The summed E-state index contributed by atoms with van der Waals surface area (Å²) < 4.78 is 23.3. The Morgan fingerprint density at radius 3 is 2.24 bits per heavy atom. The molecule has 2 N–H and O–H groups in total. The third-order valence-corrected chi connectivity index (χ3v) is 8.91. The van der Waals surface area contributed by atoms with E-state index in [4.69, 9.17) is 0 Å². The molecule has 2 fully saturated rings. The Labute approximate surface area is 224 Å². The molecule has 1 aliphatic carbocycles. The van der Waals surface area contributed by atoms with Gasteiger partial charge in [-0.05, 0) is 84.8 Å². The van der Waals surface area contributed by atoms with Crippen molar-refractivity contribution in [3.8, 4) is 11.1 Å². The summed E-state index contributed by atoms with van der Waals surface area (Å²) in [6, 6.07) is 19.4. The lowest BCUT2D eigenvalue weighted by molar-refractivity contribution is -0.117. The molecule has 2 amide bonds. The second-order valence-electron chi connectivity index (χ2n) is 10.4. The minimum Gasteiger partial charge on any atom is -0.326 e. The van der Waals surface area contributed by atoms with Crippen molar-refractivity contribution in [1.82, 2.24) is 4.90 Å². The lowest BCUT2D eigenvalue weighted by atomic mass is 9.96. The van der Waals surface area contributed by atoms with Crippen LogP contribution in [-0.2, 0) is 21.2 Å². The van der Waals surface area contributed by atoms with Gasteiger partial charge in [-0.25, -0.2) is 8.42 Å². The number of carbonyl (C=O) groups is 2. The van der Waals surface area contributed by atoms with E-state index in [0.717, 1.165) is 46.3 Å². The molecule has 1 saturated carbocycles. The number of carbonyl (C=O) groups excluding carboxylic acids is 2. The highest BCUT2D eigenvalue weighted by atomic mass is 32.2. The molecule has 1 saturated heterocycles. The summed E-state index contributed by atoms with van der Waals surface area (Å²) in [5, 5.41) is 6.02. The van der Waals surface area contributed by atoms with Crippen molar-refractivity contribution in [2.75, 3.05) is 35.2 Å². The Morgan fingerprint density at radius 2 is 1.58 bits per heavy atom. The molecule has 2 aliphatic rings. The van der Waals surface area contributed by atoms with Crippen molar-refractivity contribution in [2.45, 2.75) is 33.2 Å². The molecule has 0 spiro atoms. The number of anilines is 2. The van der Waals surface area contributed by atoms with E-state index in [1.165, 1.54) is 0 Å². The summed E-state index contributed by atoms with van der Waals surface area (Å²) in [6.07, 6.45) is 1.93. The predicted octanol–water partition coefficient (Wildman–Crippen LogP) is 4.80. The van der Waals surface area contributed by atoms with Crippen molar-refractivity contribution in [1.29, 1.82) is 0 Å². The lowest BCUT2D eigenvalue weighted by Crippen LogP contribution is -2.39. The second kappa shape index (κ2) is 10.7. The molecule has 198 valence electrons. The topological polar surface area (TPSA) is 95.6 Å². The molecule has 0 bridgehead atoms. The Balaban J connectivity index is 1.22. The highest BCUT2D eigenvalue weighted by Gasteiger charge is 2.29. The Hall–Kier alpha value is -3.49. The molecule has 0 aromatic heterocycles. The maximum Gasteiger partial charge on any atom is 0.255 e. The summed E-state index contributed by atoms with van der Waals surface area (Å²) in [7, 11) is -2.89. The number of hydrogen-bond donors (Lipinski definition) is 2. The minimum atomic E-state index is -2.89. The molecule has 0 atom stereocenters. The summed E-state index contributed by atoms with van der Waals surface area (Å²) in [5.74, 6) is 0.464. The Kier molecular flexibility index (Phi) is 7.36. The van der Waals surface area contributed by atoms with E-state index < -0.39 is 9.84 Å². The quantitative estimate of drug-likeness (QED) is 0.457. The number of hydrogen-bond acceptors (Lipinski definition) is 5. The molecule has 3 aromatic carbocycles. The van der Waals surface area contributed by atoms with Crippen LogP contribution in [0.1, 0.15) is 39.9 Å². The fourth-order valence-corrected chi connectivity index (χ4v) is 5.97. The van der Waals surface area contributed by atoms with Gasteiger partial charge in [0.2, 0.25) is 5.91 Å². The van der Waals surface area contributed by atoms with Gasteiger partial charge in [0.25, 0.3) is 5.91 Å². The van der Waals surface area contributed by atoms with E-state index in [-0.39, 0.29) is 29.2 Å². The van der Waals surface area contributed by atoms with Crippen LogP contribution in [0.2, 0.25) is 0 Å². The number of amides is 2. The molecule has 7 nitrogen and oxygen atoms in total. The standard InChI is InChI=1S/C30H33N3O4S/c1-20-3-6-24(18-28(20)32-29(34)23-7-8-23)27-12-9-25(17-21(27)2)30(35)31-26-10-4-22(5-11-26)19-33-13-15-38(36,37)16-14-33/h3-6,9-12,17-18,23H,7-8,13-16,19H2,1-2H3,(H,31,35)(H,32,34). The summed E-state index contributed by atoms with van der Waals surface area (Å²) >= 11 is 0. The average molecular weight is 532 g/mol. The largest absolute Gasteiger partial charge is 0.326 e. The van der Waals surface area contributed by atoms with Crippen LogP contribution < -0.4 is 10.6 Å². The monoisotopic (exact) mass is 531 g/mol. The smallest absolute Gasteiger partial charge is 0.255 e. The van der Waals surface area contributed by atoms with Crippen LogP contribution in [0.5, 0.6) is 0 Å². The fraction of sp³-hybridized carbons (Fsp3) is 0.333. The van der Waals surface area contributed by atoms with E-state index >= 15 is 0 Å². The van der Waals surface area contributed by atoms with Crippen molar-refractivity contribution < 1.29 is 18.0 Å². The van der Waals surface area contributed by atoms with Crippen LogP contribution in [0, 0.1) is 19.8 Å². The number of nitrogens with zero attached hydrogens (tertiary/aromatic N) is 1. The van der Waals surface area contributed by atoms with Gasteiger partial charge in [-0.2, -0.15) is 0 Å². The van der Waals surface area contributed by atoms with Crippen molar-refractivity contribution in [2.24, 2.45) is 5.92 Å². The van der Waals surface area contributed by atoms with Crippen LogP contribution in [0.15, 0.2) is 60.7 Å². The highest BCUT2D eigenvalue weighted by Crippen LogP contribution is 2.33.